The highest BCUT2D eigenvalue weighted by molar-refractivity contribution is 8.00. The van der Waals surface area contributed by atoms with Gasteiger partial charge in [0.05, 0.1) is 24.4 Å². The Balaban J connectivity index is 2.18. The molecule has 0 saturated carbocycles. The molecule has 1 aliphatic rings. The van der Waals surface area contributed by atoms with E-state index in [0.29, 0.717) is 16.9 Å². The van der Waals surface area contributed by atoms with E-state index in [9.17, 15) is 0 Å². The van der Waals surface area contributed by atoms with Crippen LogP contribution in [0.3, 0.4) is 0 Å². The van der Waals surface area contributed by atoms with Gasteiger partial charge in [-0.3, -0.25) is 0 Å². The van der Waals surface area contributed by atoms with E-state index in [1.165, 1.54) is 12.2 Å². The number of hydrogen-bond acceptors (Lipinski definition) is 4. The van der Waals surface area contributed by atoms with E-state index in [1.54, 1.807) is 13.2 Å². The van der Waals surface area contributed by atoms with Gasteiger partial charge in [-0.1, -0.05) is 6.92 Å². The number of thioether (sulfide) groups is 1. The van der Waals surface area contributed by atoms with Crippen LogP contribution < -0.4 is 10.1 Å². The van der Waals surface area contributed by atoms with Gasteiger partial charge in [0.2, 0.25) is 0 Å². The molecule has 0 aliphatic carbocycles. The van der Waals surface area contributed by atoms with E-state index >= 15 is 0 Å². The largest absolute Gasteiger partial charge is 0.495 e. The molecule has 0 amide bonds. The Morgan fingerprint density at radius 3 is 2.94 bits per heavy atom. The van der Waals surface area contributed by atoms with E-state index in [1.807, 2.05) is 23.9 Å². The number of nitrogens with zero attached hydrogens (tertiary/aromatic N) is 1. The summed E-state index contributed by atoms with van der Waals surface area (Å²) in [6.07, 6.45) is 1.18. The summed E-state index contributed by atoms with van der Waals surface area (Å²) in [7, 11) is 1.63. The molecule has 1 fully saturated rings. The number of ether oxygens (including phenoxy) is 1. The number of benzene rings is 1. The summed E-state index contributed by atoms with van der Waals surface area (Å²) >= 11 is 1.99. The monoisotopic (exact) mass is 248 g/mol. The van der Waals surface area contributed by atoms with Crippen molar-refractivity contribution in [3.05, 3.63) is 23.8 Å². The minimum absolute atomic E-state index is 0.488. The summed E-state index contributed by atoms with van der Waals surface area (Å²) in [6.45, 7) is 2.24. The van der Waals surface area contributed by atoms with Crippen LogP contribution in [0.25, 0.3) is 0 Å². The molecule has 1 heterocycles. The molecule has 0 bridgehead atoms. The molecule has 1 aromatic carbocycles. The molecule has 1 saturated heterocycles. The number of rotatable bonds is 3. The Bertz CT molecular complexity index is 442. The first kappa shape index (κ1) is 12.1. The fraction of sp³-hybridized carbons (Fsp3) is 0.462. The molecular formula is C13H16N2OS. The first-order valence-electron chi connectivity index (χ1n) is 5.71. The minimum Gasteiger partial charge on any atom is -0.495 e. The Kier molecular flexibility index (Phi) is 3.80. The van der Waals surface area contributed by atoms with E-state index in [0.717, 1.165) is 11.4 Å². The lowest BCUT2D eigenvalue weighted by Crippen LogP contribution is -2.24. The van der Waals surface area contributed by atoms with Gasteiger partial charge in [0.1, 0.15) is 5.75 Å². The van der Waals surface area contributed by atoms with Gasteiger partial charge in [0, 0.05) is 17.4 Å². The van der Waals surface area contributed by atoms with Crippen LogP contribution in [-0.2, 0) is 0 Å². The quantitative estimate of drug-likeness (QED) is 0.893. The molecule has 3 nitrogen and oxygen atoms in total. The summed E-state index contributed by atoms with van der Waals surface area (Å²) in [6, 6.07) is 8.12. The second kappa shape index (κ2) is 5.33. The van der Waals surface area contributed by atoms with Gasteiger partial charge >= 0.3 is 0 Å². The maximum atomic E-state index is 8.85. The number of nitrogens with one attached hydrogen (secondary N) is 1. The maximum Gasteiger partial charge on any atom is 0.143 e. The van der Waals surface area contributed by atoms with E-state index in [2.05, 4.69) is 18.3 Å². The van der Waals surface area contributed by atoms with E-state index in [4.69, 9.17) is 10.00 Å². The third kappa shape index (κ3) is 2.67. The molecule has 2 unspecified atom stereocenters. The second-order valence-corrected chi connectivity index (χ2v) is 5.63. The molecule has 90 valence electrons. The Hall–Kier alpha value is -1.34. The molecule has 0 aromatic heterocycles. The third-order valence-corrected chi connectivity index (χ3v) is 4.37. The molecule has 4 heteroatoms. The zero-order valence-corrected chi connectivity index (χ0v) is 10.9. The second-order valence-electron chi connectivity index (χ2n) is 4.14. The number of anilines is 1. The SMILES string of the molecule is COc1cc(C#N)ccc1NC1CCSC1C. The maximum absolute atomic E-state index is 8.85. The van der Waals surface area contributed by atoms with Crippen LogP contribution >= 0.6 is 11.8 Å². The van der Waals surface area contributed by atoms with Crippen molar-refractivity contribution in [1.29, 1.82) is 5.26 Å². The van der Waals surface area contributed by atoms with Gasteiger partial charge in [-0.05, 0) is 24.3 Å². The van der Waals surface area contributed by atoms with Crippen LogP contribution in [0.1, 0.15) is 18.9 Å². The minimum atomic E-state index is 0.488. The summed E-state index contributed by atoms with van der Waals surface area (Å²) in [5, 5.41) is 13.0. The molecule has 17 heavy (non-hydrogen) atoms. The van der Waals surface area contributed by atoms with Crippen LogP contribution in [0.2, 0.25) is 0 Å². The van der Waals surface area contributed by atoms with Crippen molar-refractivity contribution in [2.75, 3.05) is 18.2 Å². The number of nitriles is 1. The highest BCUT2D eigenvalue weighted by Crippen LogP contribution is 2.32. The van der Waals surface area contributed by atoms with Gasteiger partial charge in [-0.2, -0.15) is 17.0 Å². The normalized spacial score (nSPS) is 23.1. The molecule has 1 aliphatic heterocycles. The van der Waals surface area contributed by atoms with Crippen molar-refractivity contribution in [2.24, 2.45) is 0 Å². The molecule has 2 atom stereocenters. The Labute approximate surface area is 106 Å². The lowest BCUT2D eigenvalue weighted by atomic mass is 10.1. The average molecular weight is 248 g/mol. The Morgan fingerprint density at radius 1 is 1.53 bits per heavy atom. The van der Waals surface area contributed by atoms with Crippen LogP contribution in [0.15, 0.2) is 18.2 Å². The van der Waals surface area contributed by atoms with Crippen LogP contribution in [0.5, 0.6) is 5.75 Å². The first-order chi connectivity index (χ1) is 8.24. The fourth-order valence-electron chi connectivity index (χ4n) is 2.00. The molecule has 0 spiro atoms. The zero-order chi connectivity index (χ0) is 12.3. The summed E-state index contributed by atoms with van der Waals surface area (Å²) in [5.41, 5.74) is 1.60. The fourth-order valence-corrected chi connectivity index (χ4v) is 3.20. The molecule has 1 N–H and O–H groups in total. The smallest absolute Gasteiger partial charge is 0.143 e. The van der Waals surface area contributed by atoms with Crippen LogP contribution in [0.4, 0.5) is 5.69 Å². The predicted octanol–water partition coefficient (Wildman–Crippen LogP) is 2.87. The van der Waals surface area contributed by atoms with E-state index < -0.39 is 0 Å². The van der Waals surface area contributed by atoms with E-state index in [-0.39, 0.29) is 0 Å². The van der Waals surface area contributed by atoms with Gasteiger partial charge in [0.15, 0.2) is 0 Å². The molecule has 0 radical (unpaired) electrons. The predicted molar refractivity (Wildman–Crippen MR) is 71.7 cm³/mol. The van der Waals surface area contributed by atoms with Gasteiger partial charge in [0.25, 0.3) is 0 Å². The molecular weight excluding hydrogens is 232 g/mol. The summed E-state index contributed by atoms with van der Waals surface area (Å²) in [4.78, 5) is 0. The lowest BCUT2D eigenvalue weighted by Gasteiger charge is -2.19. The van der Waals surface area contributed by atoms with Crippen LogP contribution in [0, 0.1) is 11.3 Å². The summed E-state index contributed by atoms with van der Waals surface area (Å²) in [5.74, 6) is 1.95. The standard InChI is InChI=1S/C13H16N2OS/c1-9-11(5-6-17-9)15-12-4-3-10(8-14)7-13(12)16-2/h3-4,7,9,11,15H,5-6H2,1-2H3. The lowest BCUT2D eigenvalue weighted by molar-refractivity contribution is 0.415. The van der Waals surface area contributed by atoms with Crippen molar-refractivity contribution in [1.82, 2.24) is 0 Å². The Morgan fingerprint density at radius 2 is 2.35 bits per heavy atom. The average Bonchev–Trinajstić information content (AvgIpc) is 2.75. The van der Waals surface area contributed by atoms with Crippen molar-refractivity contribution < 1.29 is 4.74 Å². The van der Waals surface area contributed by atoms with Crippen LogP contribution in [-0.4, -0.2) is 24.2 Å². The topological polar surface area (TPSA) is 45.0 Å². The van der Waals surface area contributed by atoms with Crippen molar-refractivity contribution in [2.45, 2.75) is 24.6 Å². The van der Waals surface area contributed by atoms with Crippen molar-refractivity contribution in [3.8, 4) is 11.8 Å². The van der Waals surface area contributed by atoms with Gasteiger partial charge in [-0.15, -0.1) is 0 Å². The highest BCUT2D eigenvalue weighted by atomic mass is 32.2. The number of hydrogen-bond donors (Lipinski definition) is 1. The van der Waals surface area contributed by atoms with Crippen molar-refractivity contribution >= 4 is 17.4 Å². The summed E-state index contributed by atoms with van der Waals surface area (Å²) < 4.78 is 5.31. The number of methoxy groups -OCH3 is 1. The highest BCUT2D eigenvalue weighted by Gasteiger charge is 2.24. The molecule has 1 aromatic rings. The molecule has 2 rings (SSSR count). The zero-order valence-electron chi connectivity index (χ0n) is 10.1. The van der Waals surface area contributed by atoms with Gasteiger partial charge < -0.3 is 10.1 Å². The van der Waals surface area contributed by atoms with Crippen molar-refractivity contribution in [3.63, 3.8) is 0 Å². The third-order valence-electron chi connectivity index (χ3n) is 3.05. The first-order valence-corrected chi connectivity index (χ1v) is 6.75. The van der Waals surface area contributed by atoms with Gasteiger partial charge in [-0.25, -0.2) is 0 Å².